The van der Waals surface area contributed by atoms with Crippen LogP contribution in [0.3, 0.4) is 0 Å². The molecule has 0 aromatic heterocycles. The summed E-state index contributed by atoms with van der Waals surface area (Å²) in [6, 6.07) is -1.93. The second-order valence-corrected chi connectivity index (χ2v) is 3.92. The maximum Gasteiger partial charge on any atom is 0.328 e. The zero-order chi connectivity index (χ0) is 12.3. The lowest BCUT2D eigenvalue weighted by molar-refractivity contribution is -0.145. The highest BCUT2D eigenvalue weighted by molar-refractivity contribution is 5.87. The Labute approximate surface area is 92.5 Å². The normalized spacial score (nSPS) is 28.4. The summed E-state index contributed by atoms with van der Waals surface area (Å²) in [5.41, 5.74) is 0. The fourth-order valence-corrected chi connectivity index (χ4v) is 1.56. The third kappa shape index (κ3) is 3.16. The molecule has 92 valence electrons. The van der Waals surface area contributed by atoms with E-state index in [1.54, 1.807) is 0 Å². The first-order chi connectivity index (χ1) is 7.41. The first-order valence-electron chi connectivity index (χ1n) is 5.04. The number of aliphatic hydroxyl groups excluding tert-OH is 2. The molecule has 1 fully saturated rings. The predicted octanol–water partition coefficient (Wildman–Crippen LogP) is -2.34. The number of amides is 1. The lowest BCUT2D eigenvalue weighted by Crippen LogP contribution is -2.52. The number of aliphatic carboxylic acids is 1. The van der Waals surface area contributed by atoms with Gasteiger partial charge in [0.15, 0.2) is 6.04 Å². The fourth-order valence-electron chi connectivity index (χ4n) is 1.56. The fraction of sp³-hybridized carbons (Fsp3) is 0.778. The second kappa shape index (κ2) is 5.24. The van der Waals surface area contributed by atoms with Crippen molar-refractivity contribution in [3.63, 3.8) is 0 Å². The molecule has 0 bridgehead atoms. The average molecular weight is 232 g/mol. The molecular weight excluding hydrogens is 216 g/mol. The number of carboxylic acid groups (broad SMARTS) is 1. The second-order valence-electron chi connectivity index (χ2n) is 3.92. The van der Waals surface area contributed by atoms with Crippen molar-refractivity contribution < 1.29 is 24.9 Å². The number of hydrogen-bond donors (Lipinski definition) is 5. The van der Waals surface area contributed by atoms with Crippen LogP contribution in [0.25, 0.3) is 0 Å². The summed E-state index contributed by atoms with van der Waals surface area (Å²) in [5, 5.41) is 32.1. The Morgan fingerprint density at radius 2 is 2.12 bits per heavy atom. The van der Waals surface area contributed by atoms with Crippen LogP contribution < -0.4 is 10.6 Å². The maximum atomic E-state index is 11.6. The van der Waals surface area contributed by atoms with Crippen LogP contribution in [0.15, 0.2) is 0 Å². The molecular formula is C9H16N2O5. The van der Waals surface area contributed by atoms with Crippen molar-refractivity contribution in [3.8, 4) is 0 Å². The SMILES string of the molecule is C[C@@H](O)[C@H](NC(=O)C1CC(O)CN1)C(=O)O. The summed E-state index contributed by atoms with van der Waals surface area (Å²) in [6.45, 7) is 1.60. The topological polar surface area (TPSA) is 119 Å². The third-order valence-corrected chi connectivity index (χ3v) is 2.47. The van der Waals surface area contributed by atoms with Gasteiger partial charge in [-0.1, -0.05) is 0 Å². The van der Waals surface area contributed by atoms with E-state index in [1.165, 1.54) is 6.92 Å². The number of β-amino-alcohol motifs (C(OH)–C–C–N with tert-alkyl or cyclic N) is 1. The highest BCUT2D eigenvalue weighted by atomic mass is 16.4. The van der Waals surface area contributed by atoms with E-state index in [2.05, 4.69) is 10.6 Å². The molecule has 1 saturated heterocycles. The van der Waals surface area contributed by atoms with Gasteiger partial charge in [0.1, 0.15) is 0 Å². The number of nitrogens with one attached hydrogen (secondary N) is 2. The molecule has 1 rings (SSSR count). The molecule has 1 amide bonds. The summed E-state index contributed by atoms with van der Waals surface area (Å²) in [7, 11) is 0. The molecule has 1 aliphatic rings. The van der Waals surface area contributed by atoms with Crippen LogP contribution in [0, 0.1) is 0 Å². The number of carboxylic acids is 1. The van der Waals surface area contributed by atoms with E-state index in [9.17, 15) is 14.7 Å². The lowest BCUT2D eigenvalue weighted by Gasteiger charge is -2.19. The number of rotatable bonds is 4. The van der Waals surface area contributed by atoms with Gasteiger partial charge in [-0.05, 0) is 13.3 Å². The largest absolute Gasteiger partial charge is 0.480 e. The van der Waals surface area contributed by atoms with E-state index in [0.29, 0.717) is 6.54 Å². The van der Waals surface area contributed by atoms with Crippen LogP contribution >= 0.6 is 0 Å². The molecule has 1 heterocycles. The number of carbonyl (C=O) groups excluding carboxylic acids is 1. The summed E-state index contributed by atoms with van der Waals surface area (Å²) in [5.74, 6) is -1.81. The lowest BCUT2D eigenvalue weighted by atomic mass is 10.1. The van der Waals surface area contributed by atoms with Gasteiger partial charge in [-0.3, -0.25) is 4.79 Å². The molecule has 16 heavy (non-hydrogen) atoms. The number of carbonyl (C=O) groups is 2. The molecule has 2 unspecified atom stereocenters. The molecule has 0 aromatic carbocycles. The zero-order valence-electron chi connectivity index (χ0n) is 8.88. The van der Waals surface area contributed by atoms with Crippen LogP contribution in [0.2, 0.25) is 0 Å². The predicted molar refractivity (Wildman–Crippen MR) is 53.7 cm³/mol. The minimum atomic E-state index is -1.33. The monoisotopic (exact) mass is 232 g/mol. The Morgan fingerprint density at radius 1 is 1.50 bits per heavy atom. The van der Waals surface area contributed by atoms with Gasteiger partial charge in [-0.2, -0.15) is 0 Å². The summed E-state index contributed by atoms with van der Waals surface area (Å²) < 4.78 is 0. The summed E-state index contributed by atoms with van der Waals surface area (Å²) >= 11 is 0. The molecule has 0 aliphatic carbocycles. The van der Waals surface area contributed by atoms with E-state index >= 15 is 0 Å². The van der Waals surface area contributed by atoms with Crippen molar-refractivity contribution in [1.82, 2.24) is 10.6 Å². The Kier molecular flexibility index (Phi) is 4.22. The van der Waals surface area contributed by atoms with Gasteiger partial charge in [-0.25, -0.2) is 4.79 Å². The summed E-state index contributed by atoms with van der Waals surface area (Å²) in [4.78, 5) is 22.3. The summed E-state index contributed by atoms with van der Waals surface area (Å²) in [6.07, 6.45) is -1.52. The zero-order valence-corrected chi connectivity index (χ0v) is 8.88. The molecule has 0 saturated carbocycles. The Bertz CT molecular complexity index is 281. The first-order valence-corrected chi connectivity index (χ1v) is 5.04. The van der Waals surface area contributed by atoms with Crippen molar-refractivity contribution in [2.75, 3.05) is 6.54 Å². The van der Waals surface area contributed by atoms with Crippen molar-refractivity contribution in [2.24, 2.45) is 0 Å². The minimum absolute atomic E-state index is 0.248. The van der Waals surface area contributed by atoms with Crippen LogP contribution in [0.5, 0.6) is 0 Å². The number of aliphatic hydroxyl groups is 2. The van der Waals surface area contributed by atoms with Crippen LogP contribution in [-0.2, 0) is 9.59 Å². The molecule has 7 nitrogen and oxygen atoms in total. The van der Waals surface area contributed by atoms with E-state index < -0.39 is 36.2 Å². The molecule has 0 aromatic rings. The van der Waals surface area contributed by atoms with Crippen molar-refractivity contribution in [1.29, 1.82) is 0 Å². The van der Waals surface area contributed by atoms with Gasteiger partial charge in [0, 0.05) is 6.54 Å². The maximum absolute atomic E-state index is 11.6. The molecule has 7 heteroatoms. The van der Waals surface area contributed by atoms with E-state index in [0.717, 1.165) is 0 Å². The molecule has 0 spiro atoms. The smallest absolute Gasteiger partial charge is 0.328 e. The highest BCUT2D eigenvalue weighted by Gasteiger charge is 2.32. The quantitative estimate of drug-likeness (QED) is 0.370. The molecule has 1 aliphatic heterocycles. The van der Waals surface area contributed by atoms with Crippen molar-refractivity contribution >= 4 is 11.9 Å². The van der Waals surface area contributed by atoms with E-state index in [4.69, 9.17) is 10.2 Å². The first kappa shape index (κ1) is 12.9. The van der Waals surface area contributed by atoms with E-state index in [1.807, 2.05) is 0 Å². The van der Waals surface area contributed by atoms with Gasteiger partial charge >= 0.3 is 5.97 Å². The van der Waals surface area contributed by atoms with Crippen molar-refractivity contribution in [3.05, 3.63) is 0 Å². The average Bonchev–Trinajstić information content (AvgIpc) is 2.59. The highest BCUT2D eigenvalue weighted by Crippen LogP contribution is 2.07. The van der Waals surface area contributed by atoms with Gasteiger partial charge in [0.2, 0.25) is 5.91 Å². The molecule has 4 atom stereocenters. The standard InChI is InChI=1S/C9H16N2O5/c1-4(12)7(9(15)16)11-8(14)6-2-5(13)3-10-6/h4-7,10,12-13H,2-3H2,1H3,(H,11,14)(H,15,16)/t4-,5?,6?,7+/m1/s1. The molecule has 5 N–H and O–H groups in total. The molecule has 0 radical (unpaired) electrons. The van der Waals surface area contributed by atoms with Gasteiger partial charge in [-0.15, -0.1) is 0 Å². The van der Waals surface area contributed by atoms with Gasteiger partial charge < -0.3 is 26.0 Å². The number of hydrogen-bond acceptors (Lipinski definition) is 5. The van der Waals surface area contributed by atoms with E-state index in [-0.39, 0.29) is 6.42 Å². The Morgan fingerprint density at radius 3 is 2.50 bits per heavy atom. The third-order valence-electron chi connectivity index (χ3n) is 2.47. The van der Waals surface area contributed by atoms with Crippen LogP contribution in [-0.4, -0.2) is 58.0 Å². The van der Waals surface area contributed by atoms with Crippen LogP contribution in [0.1, 0.15) is 13.3 Å². The van der Waals surface area contributed by atoms with Crippen LogP contribution in [0.4, 0.5) is 0 Å². The Hall–Kier alpha value is -1.18. The van der Waals surface area contributed by atoms with Gasteiger partial charge in [0.25, 0.3) is 0 Å². The van der Waals surface area contributed by atoms with Crippen molar-refractivity contribution in [2.45, 2.75) is 37.6 Å². The minimum Gasteiger partial charge on any atom is -0.480 e. The Balaban J connectivity index is 2.52. The van der Waals surface area contributed by atoms with Gasteiger partial charge in [0.05, 0.1) is 18.2 Å².